The van der Waals surface area contributed by atoms with E-state index in [1.54, 1.807) is 24.4 Å². The third-order valence-corrected chi connectivity index (χ3v) is 2.94. The van der Waals surface area contributed by atoms with Gasteiger partial charge in [-0.05, 0) is 35.9 Å². The summed E-state index contributed by atoms with van der Waals surface area (Å²) in [5, 5.41) is 3.84. The molecule has 0 fully saturated rings. The lowest BCUT2D eigenvalue weighted by Crippen LogP contribution is -2.17. The fraction of sp³-hybridized carbons (Fsp3) is 0.0625. The summed E-state index contributed by atoms with van der Waals surface area (Å²) in [4.78, 5) is 15.6. The molecule has 1 aliphatic rings. The summed E-state index contributed by atoms with van der Waals surface area (Å²) in [7, 11) is 0. The van der Waals surface area contributed by atoms with Crippen molar-refractivity contribution in [2.45, 2.75) is 0 Å². The summed E-state index contributed by atoms with van der Waals surface area (Å²) in [5.41, 5.74) is 3.83. The molecule has 0 saturated carbocycles. The first-order valence-corrected chi connectivity index (χ1v) is 6.63. The molecule has 2 aromatic rings. The molecule has 1 N–H and O–H groups in total. The number of allylic oxidation sites excluding steroid dienone is 1. The van der Waals surface area contributed by atoms with E-state index in [1.165, 1.54) is 12.4 Å². The van der Waals surface area contributed by atoms with Crippen LogP contribution in [0.3, 0.4) is 0 Å². The van der Waals surface area contributed by atoms with Crippen LogP contribution in [0, 0.1) is 0 Å². The van der Waals surface area contributed by atoms with Gasteiger partial charge >= 0.3 is 0 Å². The van der Waals surface area contributed by atoms with Crippen molar-refractivity contribution in [3.05, 3.63) is 59.9 Å². The Hall–Kier alpha value is -3.15. The van der Waals surface area contributed by atoms with E-state index in [2.05, 4.69) is 15.5 Å². The number of ether oxygens (including phenoxy) is 2. The van der Waals surface area contributed by atoms with Crippen LogP contribution in [0.15, 0.2) is 53.9 Å². The fourth-order valence-electron chi connectivity index (χ4n) is 1.87. The van der Waals surface area contributed by atoms with Crippen LogP contribution in [0.4, 0.5) is 0 Å². The van der Waals surface area contributed by atoms with Crippen LogP contribution in [-0.2, 0) is 0 Å². The molecule has 6 nitrogen and oxygen atoms in total. The molecule has 1 aliphatic heterocycles. The SMILES string of the molecule is O=C(NN=C/C=C/c1ccc2c(c1)OCO2)c1cccnc1. The van der Waals surface area contributed by atoms with E-state index in [4.69, 9.17) is 9.47 Å². The summed E-state index contributed by atoms with van der Waals surface area (Å²) in [6.07, 6.45) is 8.16. The molecule has 0 spiro atoms. The number of amides is 1. The van der Waals surface area contributed by atoms with Crippen molar-refractivity contribution in [3.8, 4) is 11.5 Å². The Morgan fingerprint density at radius 1 is 1.27 bits per heavy atom. The van der Waals surface area contributed by atoms with E-state index in [0.29, 0.717) is 5.56 Å². The lowest BCUT2D eigenvalue weighted by Gasteiger charge is -1.97. The van der Waals surface area contributed by atoms with Gasteiger partial charge < -0.3 is 9.47 Å². The monoisotopic (exact) mass is 295 g/mol. The maximum atomic E-state index is 11.7. The van der Waals surface area contributed by atoms with Gasteiger partial charge in [-0.3, -0.25) is 9.78 Å². The zero-order chi connectivity index (χ0) is 15.2. The van der Waals surface area contributed by atoms with E-state index in [0.717, 1.165) is 17.1 Å². The molecule has 1 aromatic carbocycles. The first kappa shape index (κ1) is 13.8. The molecule has 0 aliphatic carbocycles. The van der Waals surface area contributed by atoms with Crippen molar-refractivity contribution in [2.75, 3.05) is 6.79 Å². The second-order valence-electron chi connectivity index (χ2n) is 4.43. The number of fused-ring (bicyclic) bond motifs is 1. The molecule has 1 aromatic heterocycles. The summed E-state index contributed by atoms with van der Waals surface area (Å²) < 4.78 is 10.5. The Bertz CT molecular complexity index is 727. The highest BCUT2D eigenvalue weighted by atomic mass is 16.7. The van der Waals surface area contributed by atoms with Gasteiger partial charge in [-0.1, -0.05) is 12.1 Å². The molecule has 22 heavy (non-hydrogen) atoms. The lowest BCUT2D eigenvalue weighted by atomic mass is 10.2. The number of aromatic nitrogens is 1. The number of carbonyl (C=O) groups is 1. The van der Waals surface area contributed by atoms with Gasteiger partial charge in [0.2, 0.25) is 6.79 Å². The maximum absolute atomic E-state index is 11.7. The van der Waals surface area contributed by atoms with Crippen LogP contribution in [0.5, 0.6) is 11.5 Å². The Kier molecular flexibility index (Phi) is 4.10. The number of carbonyl (C=O) groups excluding carboxylic acids is 1. The molecule has 0 atom stereocenters. The number of benzene rings is 1. The van der Waals surface area contributed by atoms with E-state index in [9.17, 15) is 4.79 Å². The number of nitrogens with zero attached hydrogens (tertiary/aromatic N) is 2. The van der Waals surface area contributed by atoms with Crippen LogP contribution in [0.1, 0.15) is 15.9 Å². The smallest absolute Gasteiger partial charge is 0.272 e. The van der Waals surface area contributed by atoms with E-state index in [1.807, 2.05) is 24.3 Å². The molecular weight excluding hydrogens is 282 g/mol. The first-order valence-electron chi connectivity index (χ1n) is 6.63. The van der Waals surface area contributed by atoms with Crippen LogP contribution >= 0.6 is 0 Å². The van der Waals surface area contributed by atoms with E-state index in [-0.39, 0.29) is 12.7 Å². The molecule has 3 rings (SSSR count). The van der Waals surface area contributed by atoms with Crippen molar-refractivity contribution >= 4 is 18.2 Å². The van der Waals surface area contributed by atoms with Crippen LogP contribution in [0.2, 0.25) is 0 Å². The van der Waals surface area contributed by atoms with Gasteiger partial charge in [-0.15, -0.1) is 0 Å². The van der Waals surface area contributed by atoms with Gasteiger partial charge in [0.25, 0.3) is 5.91 Å². The number of pyridine rings is 1. The maximum Gasteiger partial charge on any atom is 0.272 e. The number of hydrazone groups is 1. The molecular formula is C16H13N3O3. The van der Waals surface area contributed by atoms with Crippen LogP contribution in [-0.4, -0.2) is 23.9 Å². The summed E-state index contributed by atoms with van der Waals surface area (Å²) in [5.74, 6) is 1.17. The van der Waals surface area contributed by atoms with Crippen LogP contribution in [0.25, 0.3) is 6.08 Å². The van der Waals surface area contributed by atoms with Gasteiger partial charge in [0.15, 0.2) is 11.5 Å². The standard InChI is InChI=1S/C16H13N3O3/c20-16(13-4-2-7-17-10-13)19-18-8-1-3-12-5-6-14-15(9-12)22-11-21-14/h1-10H,11H2,(H,19,20)/b3-1+,18-8?. The molecule has 1 amide bonds. The largest absolute Gasteiger partial charge is 0.454 e. The minimum absolute atomic E-state index is 0.254. The van der Waals surface area contributed by atoms with Gasteiger partial charge in [0.05, 0.1) is 5.56 Å². The average Bonchev–Trinajstić information content (AvgIpc) is 3.03. The quantitative estimate of drug-likeness (QED) is 0.693. The van der Waals surface area contributed by atoms with Crippen molar-refractivity contribution in [1.29, 1.82) is 0 Å². The fourth-order valence-corrected chi connectivity index (χ4v) is 1.87. The zero-order valence-electron chi connectivity index (χ0n) is 11.6. The van der Waals surface area contributed by atoms with E-state index < -0.39 is 0 Å². The molecule has 0 bridgehead atoms. The van der Waals surface area contributed by atoms with Gasteiger partial charge in [0.1, 0.15) is 0 Å². The molecule has 110 valence electrons. The lowest BCUT2D eigenvalue weighted by molar-refractivity contribution is 0.0955. The summed E-state index contributed by atoms with van der Waals surface area (Å²) >= 11 is 0. The Labute approximate surface area is 127 Å². The zero-order valence-corrected chi connectivity index (χ0v) is 11.6. The number of hydrogen-bond acceptors (Lipinski definition) is 5. The minimum Gasteiger partial charge on any atom is -0.454 e. The molecule has 6 heteroatoms. The second kappa shape index (κ2) is 6.53. The molecule has 2 heterocycles. The third kappa shape index (κ3) is 3.29. The first-order chi connectivity index (χ1) is 10.8. The highest BCUT2D eigenvalue weighted by molar-refractivity contribution is 5.94. The Morgan fingerprint density at radius 2 is 2.18 bits per heavy atom. The molecule has 0 radical (unpaired) electrons. The van der Waals surface area contributed by atoms with E-state index >= 15 is 0 Å². The molecule has 0 unspecified atom stereocenters. The highest BCUT2D eigenvalue weighted by Crippen LogP contribution is 2.32. The third-order valence-electron chi connectivity index (χ3n) is 2.94. The predicted molar refractivity (Wildman–Crippen MR) is 81.8 cm³/mol. The highest BCUT2D eigenvalue weighted by Gasteiger charge is 2.11. The van der Waals surface area contributed by atoms with Gasteiger partial charge in [0, 0.05) is 18.6 Å². The van der Waals surface area contributed by atoms with Crippen LogP contribution < -0.4 is 14.9 Å². The second-order valence-corrected chi connectivity index (χ2v) is 4.43. The normalized spacial score (nSPS) is 12.9. The Balaban J connectivity index is 1.55. The molecule has 0 saturated heterocycles. The predicted octanol–water partition coefficient (Wildman–Crippen LogP) is 2.24. The van der Waals surface area contributed by atoms with Gasteiger partial charge in [-0.25, -0.2) is 5.43 Å². The summed E-state index contributed by atoms with van der Waals surface area (Å²) in [6.45, 7) is 0.254. The van der Waals surface area contributed by atoms with Gasteiger partial charge in [-0.2, -0.15) is 5.10 Å². The number of hydrogen-bond donors (Lipinski definition) is 1. The van der Waals surface area contributed by atoms with Crippen molar-refractivity contribution in [2.24, 2.45) is 5.10 Å². The van der Waals surface area contributed by atoms with Crippen molar-refractivity contribution in [3.63, 3.8) is 0 Å². The average molecular weight is 295 g/mol. The van der Waals surface area contributed by atoms with Crippen molar-refractivity contribution in [1.82, 2.24) is 10.4 Å². The number of nitrogens with one attached hydrogen (secondary N) is 1. The minimum atomic E-state index is -0.305. The number of rotatable bonds is 4. The van der Waals surface area contributed by atoms with Crippen molar-refractivity contribution < 1.29 is 14.3 Å². The topological polar surface area (TPSA) is 72.8 Å². The Morgan fingerprint density at radius 3 is 3.05 bits per heavy atom. The summed E-state index contributed by atoms with van der Waals surface area (Å²) in [6, 6.07) is 8.99.